The van der Waals surface area contributed by atoms with Crippen LogP contribution in [0.25, 0.3) is 0 Å². The molecule has 0 radical (unpaired) electrons. The van der Waals surface area contributed by atoms with E-state index in [9.17, 15) is 9.90 Å². The Bertz CT molecular complexity index is 250. The minimum atomic E-state index is -0.721. The first-order valence-electron chi connectivity index (χ1n) is 10.4. The average Bonchev–Trinajstić information content (AvgIpc) is 2.57. The maximum Gasteiger partial charge on any atom is 0.161 e. The van der Waals surface area contributed by atoms with Gasteiger partial charge >= 0.3 is 0 Å². The van der Waals surface area contributed by atoms with Crippen molar-refractivity contribution in [2.24, 2.45) is 0 Å². The van der Waals surface area contributed by atoms with Crippen LogP contribution in [-0.2, 0) is 4.79 Å². The molecule has 23 heavy (non-hydrogen) atoms. The van der Waals surface area contributed by atoms with Gasteiger partial charge in [-0.3, -0.25) is 4.79 Å². The molecule has 1 unspecified atom stereocenters. The Morgan fingerprint density at radius 2 is 1.00 bits per heavy atom. The molecule has 0 bridgehead atoms. The number of hydrogen-bond acceptors (Lipinski definition) is 2. The highest BCUT2D eigenvalue weighted by Crippen LogP contribution is 2.14. The van der Waals surface area contributed by atoms with E-state index in [0.29, 0.717) is 12.8 Å². The molecule has 0 aromatic heterocycles. The van der Waals surface area contributed by atoms with Crippen LogP contribution < -0.4 is 0 Å². The SMILES string of the molecule is CCCCCCCCCCCCCCCCCC(=O)C(O)CC. The van der Waals surface area contributed by atoms with Gasteiger partial charge in [-0.15, -0.1) is 0 Å². The van der Waals surface area contributed by atoms with E-state index in [0.717, 1.165) is 12.8 Å². The van der Waals surface area contributed by atoms with Gasteiger partial charge in [0.1, 0.15) is 6.10 Å². The van der Waals surface area contributed by atoms with E-state index in [1.165, 1.54) is 83.5 Å². The van der Waals surface area contributed by atoms with Gasteiger partial charge in [0, 0.05) is 6.42 Å². The van der Waals surface area contributed by atoms with E-state index in [4.69, 9.17) is 0 Å². The van der Waals surface area contributed by atoms with Crippen molar-refractivity contribution in [3.63, 3.8) is 0 Å². The molecule has 138 valence electrons. The predicted molar refractivity (Wildman–Crippen MR) is 101 cm³/mol. The number of hydrogen-bond donors (Lipinski definition) is 1. The fourth-order valence-corrected chi connectivity index (χ4v) is 3.06. The van der Waals surface area contributed by atoms with Crippen LogP contribution in [0.5, 0.6) is 0 Å². The van der Waals surface area contributed by atoms with Gasteiger partial charge in [-0.25, -0.2) is 0 Å². The van der Waals surface area contributed by atoms with Gasteiger partial charge in [0.05, 0.1) is 0 Å². The van der Waals surface area contributed by atoms with Crippen LogP contribution >= 0.6 is 0 Å². The second-order valence-corrected chi connectivity index (χ2v) is 7.09. The Kier molecular flexibility index (Phi) is 17.7. The largest absolute Gasteiger partial charge is 0.385 e. The summed E-state index contributed by atoms with van der Waals surface area (Å²) in [5, 5.41) is 9.39. The van der Waals surface area contributed by atoms with E-state index in [2.05, 4.69) is 6.92 Å². The molecule has 1 N–H and O–H groups in total. The minimum Gasteiger partial charge on any atom is -0.385 e. The minimum absolute atomic E-state index is 0.0298. The first-order valence-corrected chi connectivity index (χ1v) is 10.4. The van der Waals surface area contributed by atoms with Crippen LogP contribution in [0.15, 0.2) is 0 Å². The van der Waals surface area contributed by atoms with Gasteiger partial charge in [0.25, 0.3) is 0 Å². The van der Waals surface area contributed by atoms with Crippen molar-refractivity contribution < 1.29 is 9.90 Å². The zero-order valence-corrected chi connectivity index (χ0v) is 16.0. The Balaban J connectivity index is 3.09. The second-order valence-electron chi connectivity index (χ2n) is 7.09. The summed E-state index contributed by atoms with van der Waals surface area (Å²) in [7, 11) is 0. The van der Waals surface area contributed by atoms with Gasteiger partial charge in [0.15, 0.2) is 5.78 Å². The lowest BCUT2D eigenvalue weighted by Gasteiger charge is -2.06. The topological polar surface area (TPSA) is 37.3 Å². The van der Waals surface area contributed by atoms with Crippen molar-refractivity contribution >= 4 is 5.78 Å². The van der Waals surface area contributed by atoms with Gasteiger partial charge in [-0.2, -0.15) is 0 Å². The van der Waals surface area contributed by atoms with Crippen LogP contribution in [0.4, 0.5) is 0 Å². The third kappa shape index (κ3) is 16.3. The third-order valence-electron chi connectivity index (χ3n) is 4.79. The number of carbonyl (C=O) groups is 1. The van der Waals surface area contributed by atoms with Gasteiger partial charge < -0.3 is 5.11 Å². The van der Waals surface area contributed by atoms with Crippen molar-refractivity contribution in [2.45, 2.75) is 129 Å². The molecular formula is C21H42O2. The lowest BCUT2D eigenvalue weighted by Crippen LogP contribution is -2.18. The van der Waals surface area contributed by atoms with Crippen LogP contribution in [0.1, 0.15) is 123 Å². The number of carbonyl (C=O) groups excluding carboxylic acids is 1. The Hall–Kier alpha value is -0.370. The Morgan fingerprint density at radius 1 is 0.652 bits per heavy atom. The molecule has 0 saturated carbocycles. The second kappa shape index (κ2) is 18.0. The van der Waals surface area contributed by atoms with Crippen molar-refractivity contribution in [1.29, 1.82) is 0 Å². The summed E-state index contributed by atoms with van der Waals surface area (Å²) >= 11 is 0. The number of ketones is 1. The molecule has 2 nitrogen and oxygen atoms in total. The number of unbranched alkanes of at least 4 members (excludes halogenated alkanes) is 14. The fourth-order valence-electron chi connectivity index (χ4n) is 3.06. The first-order chi connectivity index (χ1) is 11.2. The smallest absolute Gasteiger partial charge is 0.161 e. The molecule has 0 heterocycles. The molecular weight excluding hydrogens is 284 g/mol. The van der Waals surface area contributed by atoms with E-state index < -0.39 is 6.10 Å². The van der Waals surface area contributed by atoms with Gasteiger partial charge in [0.2, 0.25) is 0 Å². The summed E-state index contributed by atoms with van der Waals surface area (Å²) in [6.45, 7) is 4.13. The van der Waals surface area contributed by atoms with Gasteiger partial charge in [-0.05, 0) is 12.8 Å². The van der Waals surface area contributed by atoms with Crippen molar-refractivity contribution in [3.8, 4) is 0 Å². The molecule has 0 amide bonds. The normalized spacial score (nSPS) is 12.5. The Morgan fingerprint density at radius 3 is 1.35 bits per heavy atom. The lowest BCUT2D eigenvalue weighted by atomic mass is 10.0. The van der Waals surface area contributed by atoms with E-state index in [1.807, 2.05) is 6.92 Å². The zero-order chi connectivity index (χ0) is 17.2. The highest BCUT2D eigenvalue weighted by atomic mass is 16.3. The molecule has 0 saturated heterocycles. The van der Waals surface area contributed by atoms with E-state index in [1.54, 1.807) is 0 Å². The number of aliphatic hydroxyl groups is 1. The summed E-state index contributed by atoms with van der Waals surface area (Å²) in [5.74, 6) is 0.0298. The summed E-state index contributed by atoms with van der Waals surface area (Å²) in [5.41, 5.74) is 0. The highest BCUT2D eigenvalue weighted by molar-refractivity contribution is 5.82. The van der Waals surface area contributed by atoms with E-state index in [-0.39, 0.29) is 5.78 Å². The molecule has 0 aromatic carbocycles. The molecule has 0 aromatic rings. The van der Waals surface area contributed by atoms with E-state index >= 15 is 0 Å². The fraction of sp³-hybridized carbons (Fsp3) is 0.952. The summed E-state index contributed by atoms with van der Waals surface area (Å²) < 4.78 is 0. The number of rotatable bonds is 18. The molecule has 0 spiro atoms. The van der Waals surface area contributed by atoms with Crippen molar-refractivity contribution in [3.05, 3.63) is 0 Å². The van der Waals surface area contributed by atoms with Crippen molar-refractivity contribution in [1.82, 2.24) is 0 Å². The zero-order valence-electron chi connectivity index (χ0n) is 16.0. The molecule has 0 aliphatic rings. The molecule has 0 fully saturated rings. The predicted octanol–water partition coefficient (Wildman–Crippen LogP) is 6.59. The molecule has 1 atom stereocenters. The summed E-state index contributed by atoms with van der Waals surface area (Å²) in [6, 6.07) is 0. The molecule has 0 rings (SSSR count). The van der Waals surface area contributed by atoms with Crippen molar-refractivity contribution in [2.75, 3.05) is 0 Å². The monoisotopic (exact) mass is 326 g/mol. The van der Waals surface area contributed by atoms with Crippen LogP contribution in [-0.4, -0.2) is 17.0 Å². The standard InChI is InChI=1S/C21H42O2/c1-3-5-6-7-8-9-10-11-12-13-14-15-16-17-18-19-21(23)20(22)4-2/h20,22H,3-19H2,1-2H3. The summed E-state index contributed by atoms with van der Waals surface area (Å²) in [6.07, 6.45) is 20.5. The molecule has 2 heteroatoms. The van der Waals surface area contributed by atoms with Crippen LogP contribution in [0.2, 0.25) is 0 Å². The van der Waals surface area contributed by atoms with Crippen LogP contribution in [0.3, 0.4) is 0 Å². The molecule has 0 aliphatic carbocycles. The average molecular weight is 327 g/mol. The van der Waals surface area contributed by atoms with Gasteiger partial charge in [-0.1, -0.05) is 104 Å². The number of Topliss-reactive ketones (excluding diaryl/α,β-unsaturated/α-hetero) is 1. The quantitative estimate of drug-likeness (QED) is 0.288. The maximum atomic E-state index is 11.5. The highest BCUT2D eigenvalue weighted by Gasteiger charge is 2.11. The summed E-state index contributed by atoms with van der Waals surface area (Å²) in [4.78, 5) is 11.5. The Labute approximate surface area is 145 Å². The maximum absolute atomic E-state index is 11.5. The molecule has 0 aliphatic heterocycles. The lowest BCUT2D eigenvalue weighted by molar-refractivity contribution is -0.127. The third-order valence-corrected chi connectivity index (χ3v) is 4.79. The first kappa shape index (κ1) is 22.6. The number of aliphatic hydroxyl groups excluding tert-OH is 1. The van der Waals surface area contributed by atoms with Crippen LogP contribution in [0, 0.1) is 0 Å².